The van der Waals surface area contributed by atoms with Gasteiger partial charge in [-0.05, 0) is 19.9 Å². The van der Waals surface area contributed by atoms with Gasteiger partial charge < -0.3 is 10.6 Å². The van der Waals surface area contributed by atoms with Gasteiger partial charge in [-0.1, -0.05) is 0 Å². The van der Waals surface area contributed by atoms with E-state index in [2.05, 4.69) is 9.88 Å². The molecule has 0 aliphatic carbocycles. The lowest BCUT2D eigenvalue weighted by Gasteiger charge is -2.20. The summed E-state index contributed by atoms with van der Waals surface area (Å²) in [6, 6.07) is 0. The Hall–Kier alpha value is -0.650. The van der Waals surface area contributed by atoms with Gasteiger partial charge in [0.1, 0.15) is 0 Å². The third-order valence-electron chi connectivity index (χ3n) is 3.53. The van der Waals surface area contributed by atoms with Gasteiger partial charge in [0, 0.05) is 24.9 Å². The number of nitrogens with two attached hydrogens (primary N) is 1. The van der Waals surface area contributed by atoms with Crippen molar-refractivity contribution >= 4 is 28.8 Å². The fraction of sp³-hybridized carbons (Fsp3) is 0.667. The Balaban J connectivity index is 1.83. The van der Waals surface area contributed by atoms with Crippen LogP contribution in [0.25, 0.3) is 0 Å². The molecule has 1 fully saturated rings. The number of halogens is 1. The van der Waals surface area contributed by atoms with Crippen molar-refractivity contribution in [2.24, 2.45) is 11.1 Å². The number of amides is 1. The van der Waals surface area contributed by atoms with Crippen molar-refractivity contribution in [2.75, 3.05) is 19.6 Å². The zero-order chi connectivity index (χ0) is 13.2. The molecule has 2 N–H and O–H groups in total. The van der Waals surface area contributed by atoms with E-state index in [4.69, 9.17) is 17.3 Å². The predicted octanol–water partition coefficient (Wildman–Crippen LogP) is 1.62. The molecule has 2 heterocycles. The van der Waals surface area contributed by atoms with Gasteiger partial charge in [0.25, 0.3) is 0 Å². The van der Waals surface area contributed by atoms with Gasteiger partial charge >= 0.3 is 0 Å². The van der Waals surface area contributed by atoms with Crippen LogP contribution in [0.2, 0.25) is 0 Å². The molecule has 1 atom stereocenters. The summed E-state index contributed by atoms with van der Waals surface area (Å²) in [4.78, 5) is 18.1. The molecule has 1 aliphatic rings. The van der Waals surface area contributed by atoms with Crippen molar-refractivity contribution < 1.29 is 4.79 Å². The van der Waals surface area contributed by atoms with E-state index < -0.39 is 0 Å². The number of nitrogens with zero attached hydrogens (tertiary/aromatic N) is 2. The summed E-state index contributed by atoms with van der Waals surface area (Å²) in [5, 5.41) is 3.11. The first-order chi connectivity index (χ1) is 8.53. The number of likely N-dealkylation sites (tertiary alicyclic amines) is 1. The summed E-state index contributed by atoms with van der Waals surface area (Å²) in [5.74, 6) is 0.281. The molecule has 4 nitrogen and oxygen atoms in total. The zero-order valence-corrected chi connectivity index (χ0v) is 12.1. The Labute approximate surface area is 116 Å². The molecule has 1 unspecified atom stereocenters. The van der Waals surface area contributed by atoms with Crippen LogP contribution in [0.1, 0.15) is 24.0 Å². The van der Waals surface area contributed by atoms with E-state index in [0.717, 1.165) is 43.2 Å². The highest BCUT2D eigenvalue weighted by Gasteiger charge is 2.38. The van der Waals surface area contributed by atoms with E-state index in [0.29, 0.717) is 5.88 Å². The van der Waals surface area contributed by atoms with Gasteiger partial charge in [-0.3, -0.25) is 4.79 Å². The number of hydrogen-bond acceptors (Lipinski definition) is 4. The summed E-state index contributed by atoms with van der Waals surface area (Å²) < 4.78 is 0. The van der Waals surface area contributed by atoms with Gasteiger partial charge in [-0.25, -0.2) is 4.98 Å². The number of aromatic nitrogens is 1. The van der Waals surface area contributed by atoms with Crippen molar-refractivity contribution in [1.29, 1.82) is 0 Å². The van der Waals surface area contributed by atoms with Crippen LogP contribution in [0.3, 0.4) is 0 Å². The lowest BCUT2D eigenvalue weighted by molar-refractivity contribution is -0.126. The van der Waals surface area contributed by atoms with E-state index in [1.54, 1.807) is 11.3 Å². The number of rotatable bonds is 5. The molecule has 6 heteroatoms. The second-order valence-corrected chi connectivity index (χ2v) is 6.28. The SMILES string of the molecule is CC1(C(N)=O)CCN(CCc2nc(CCl)cs2)C1. The molecule has 0 spiro atoms. The summed E-state index contributed by atoms with van der Waals surface area (Å²) in [6.45, 7) is 4.58. The van der Waals surface area contributed by atoms with Crippen LogP contribution in [-0.4, -0.2) is 35.4 Å². The Kier molecular flexibility index (Phi) is 4.25. The van der Waals surface area contributed by atoms with Crippen molar-refractivity contribution in [3.05, 3.63) is 16.1 Å². The van der Waals surface area contributed by atoms with Gasteiger partial charge in [0.05, 0.1) is 22.0 Å². The fourth-order valence-corrected chi connectivity index (χ4v) is 3.24. The number of alkyl halides is 1. The molecule has 1 aliphatic heterocycles. The monoisotopic (exact) mass is 287 g/mol. The topological polar surface area (TPSA) is 59.2 Å². The molecule has 2 rings (SSSR count). The highest BCUT2D eigenvalue weighted by molar-refractivity contribution is 7.09. The van der Waals surface area contributed by atoms with Crippen LogP contribution in [0, 0.1) is 5.41 Å². The summed E-state index contributed by atoms with van der Waals surface area (Å²) in [7, 11) is 0. The molecule has 1 aromatic rings. The molecular formula is C12H18ClN3OS. The Morgan fingerprint density at radius 2 is 2.50 bits per heavy atom. The second-order valence-electron chi connectivity index (χ2n) is 5.07. The van der Waals surface area contributed by atoms with Crippen LogP contribution >= 0.6 is 22.9 Å². The smallest absolute Gasteiger partial charge is 0.224 e. The minimum Gasteiger partial charge on any atom is -0.369 e. The van der Waals surface area contributed by atoms with Crippen LogP contribution in [0.5, 0.6) is 0 Å². The highest BCUT2D eigenvalue weighted by atomic mass is 35.5. The maximum Gasteiger partial charge on any atom is 0.224 e. The van der Waals surface area contributed by atoms with Crippen LogP contribution in [-0.2, 0) is 17.1 Å². The van der Waals surface area contributed by atoms with Crippen LogP contribution in [0.15, 0.2) is 5.38 Å². The van der Waals surface area contributed by atoms with E-state index in [1.165, 1.54) is 0 Å². The van der Waals surface area contributed by atoms with Crippen molar-refractivity contribution in [3.63, 3.8) is 0 Å². The number of hydrogen-bond donors (Lipinski definition) is 1. The molecule has 0 radical (unpaired) electrons. The third-order valence-corrected chi connectivity index (χ3v) is 4.76. The Bertz CT molecular complexity index is 437. The van der Waals surface area contributed by atoms with Gasteiger partial charge in [0.2, 0.25) is 5.91 Å². The third kappa shape index (κ3) is 3.02. The van der Waals surface area contributed by atoms with E-state index >= 15 is 0 Å². The minimum atomic E-state index is -0.357. The molecule has 1 saturated heterocycles. The summed E-state index contributed by atoms with van der Waals surface area (Å²) in [6.07, 6.45) is 1.77. The minimum absolute atomic E-state index is 0.191. The van der Waals surface area contributed by atoms with E-state index in [9.17, 15) is 4.79 Å². The first kappa shape index (κ1) is 13.8. The maximum atomic E-state index is 11.4. The second kappa shape index (κ2) is 5.55. The normalized spacial score (nSPS) is 24.6. The molecule has 0 aromatic carbocycles. The highest BCUT2D eigenvalue weighted by Crippen LogP contribution is 2.29. The molecule has 1 aromatic heterocycles. The summed E-state index contributed by atoms with van der Waals surface area (Å²) >= 11 is 7.37. The fourth-order valence-electron chi connectivity index (χ4n) is 2.23. The molecular weight excluding hydrogens is 270 g/mol. The molecule has 0 saturated carbocycles. The molecule has 100 valence electrons. The Morgan fingerprint density at radius 3 is 3.06 bits per heavy atom. The zero-order valence-electron chi connectivity index (χ0n) is 10.5. The Morgan fingerprint density at radius 1 is 1.72 bits per heavy atom. The molecule has 0 bridgehead atoms. The van der Waals surface area contributed by atoms with E-state index in [-0.39, 0.29) is 11.3 Å². The predicted molar refractivity (Wildman–Crippen MR) is 73.7 cm³/mol. The van der Waals surface area contributed by atoms with E-state index in [1.807, 2.05) is 12.3 Å². The first-order valence-electron chi connectivity index (χ1n) is 6.05. The van der Waals surface area contributed by atoms with Crippen molar-refractivity contribution in [2.45, 2.75) is 25.6 Å². The summed E-state index contributed by atoms with van der Waals surface area (Å²) in [5.41, 5.74) is 6.02. The molecule has 1 amide bonds. The quantitative estimate of drug-likeness (QED) is 0.837. The number of carbonyl (C=O) groups excluding carboxylic acids is 1. The van der Waals surface area contributed by atoms with Crippen molar-refractivity contribution in [1.82, 2.24) is 9.88 Å². The number of thiazole rings is 1. The van der Waals surface area contributed by atoms with Crippen LogP contribution in [0.4, 0.5) is 0 Å². The standard InChI is InChI=1S/C12H18ClN3OS/c1-12(11(14)17)3-5-16(8-12)4-2-10-15-9(6-13)7-18-10/h7H,2-6,8H2,1H3,(H2,14,17). The van der Waals surface area contributed by atoms with Gasteiger partial charge in [-0.15, -0.1) is 22.9 Å². The lowest BCUT2D eigenvalue weighted by Crippen LogP contribution is -2.37. The maximum absolute atomic E-state index is 11.4. The van der Waals surface area contributed by atoms with Gasteiger partial charge in [-0.2, -0.15) is 0 Å². The number of primary amides is 1. The van der Waals surface area contributed by atoms with Crippen LogP contribution < -0.4 is 5.73 Å². The average molecular weight is 288 g/mol. The first-order valence-corrected chi connectivity index (χ1v) is 7.46. The average Bonchev–Trinajstić information content (AvgIpc) is 2.94. The largest absolute Gasteiger partial charge is 0.369 e. The van der Waals surface area contributed by atoms with Gasteiger partial charge in [0.15, 0.2) is 0 Å². The lowest BCUT2D eigenvalue weighted by atomic mass is 9.89. The number of carbonyl (C=O) groups is 1. The van der Waals surface area contributed by atoms with Crippen molar-refractivity contribution in [3.8, 4) is 0 Å². The molecule has 18 heavy (non-hydrogen) atoms.